The van der Waals surface area contributed by atoms with Gasteiger partial charge in [-0.25, -0.2) is 0 Å². The highest BCUT2D eigenvalue weighted by atomic mass is 14.0. The van der Waals surface area contributed by atoms with Gasteiger partial charge in [-0.2, -0.15) is 0 Å². The molecule has 0 aliphatic rings. The molecule has 0 atom stereocenters. The molecule has 0 aliphatic carbocycles. The Hall–Kier alpha value is -3.38. The Kier molecular flexibility index (Phi) is 9.74. The van der Waals surface area contributed by atoms with Crippen molar-refractivity contribution in [3.05, 3.63) is 118 Å². The Morgan fingerprint density at radius 2 is 0.778 bits per heavy atom. The lowest BCUT2D eigenvalue weighted by atomic mass is 10.0. The van der Waals surface area contributed by atoms with Crippen molar-refractivity contribution < 1.29 is 0 Å². The molecule has 0 heterocycles. The van der Waals surface area contributed by atoms with Gasteiger partial charge in [0.05, 0.1) is 0 Å². The van der Waals surface area contributed by atoms with E-state index in [1.807, 2.05) is 0 Å². The second kappa shape index (κ2) is 13.6. The van der Waals surface area contributed by atoms with E-state index in [-0.39, 0.29) is 0 Å². The Morgan fingerprint density at radius 1 is 0.417 bits per heavy atom. The van der Waals surface area contributed by atoms with Gasteiger partial charge in [-0.15, -0.1) is 0 Å². The van der Waals surface area contributed by atoms with Crippen LogP contribution in [0.4, 0.5) is 0 Å². The second-order valence-electron chi connectivity index (χ2n) is 9.93. The number of hydrogen-bond donors (Lipinski definition) is 0. The molecule has 0 spiro atoms. The van der Waals surface area contributed by atoms with Crippen LogP contribution >= 0.6 is 0 Å². The summed E-state index contributed by atoms with van der Waals surface area (Å²) in [5.74, 6) is 0. The molecule has 0 saturated carbocycles. The fourth-order valence-corrected chi connectivity index (χ4v) is 4.62. The summed E-state index contributed by atoms with van der Waals surface area (Å²) in [5, 5.41) is 2.55. The van der Waals surface area contributed by atoms with E-state index in [0.717, 1.165) is 0 Å². The smallest absolute Gasteiger partial charge is 0.0178 e. The third kappa shape index (κ3) is 7.82. The summed E-state index contributed by atoms with van der Waals surface area (Å²) < 4.78 is 0. The Labute approximate surface area is 218 Å². The zero-order chi connectivity index (χ0) is 25.0. The molecule has 184 valence electrons. The van der Waals surface area contributed by atoms with Gasteiger partial charge in [-0.3, -0.25) is 0 Å². The van der Waals surface area contributed by atoms with E-state index < -0.39 is 0 Å². The minimum atomic E-state index is 1.19. The highest BCUT2D eigenvalue weighted by molar-refractivity contribution is 5.88. The van der Waals surface area contributed by atoms with E-state index >= 15 is 0 Å². The number of benzene rings is 4. The number of rotatable bonds is 12. The second-order valence-corrected chi connectivity index (χ2v) is 9.93. The molecule has 0 amide bonds. The van der Waals surface area contributed by atoms with Crippen molar-refractivity contribution in [2.45, 2.75) is 65.2 Å². The van der Waals surface area contributed by atoms with Gasteiger partial charge in [0.25, 0.3) is 0 Å². The van der Waals surface area contributed by atoms with Gasteiger partial charge >= 0.3 is 0 Å². The third-order valence-electron chi connectivity index (χ3n) is 6.92. The highest BCUT2D eigenvalue weighted by Crippen LogP contribution is 2.21. The van der Waals surface area contributed by atoms with Gasteiger partial charge in [-0.1, -0.05) is 137 Å². The highest BCUT2D eigenvalue weighted by Gasteiger charge is 1.98. The van der Waals surface area contributed by atoms with Gasteiger partial charge in [0.15, 0.2) is 0 Å². The SMILES string of the molecule is CCCCCc1ccc(C=Cc2ccc3cc(C=Cc4ccc(CCCCC)cc4)ccc3c2)cc1. The van der Waals surface area contributed by atoms with Gasteiger partial charge in [0, 0.05) is 0 Å². The molecule has 0 saturated heterocycles. The van der Waals surface area contributed by atoms with Gasteiger partial charge < -0.3 is 0 Å². The molecule has 4 aromatic rings. The van der Waals surface area contributed by atoms with Crippen LogP contribution in [-0.2, 0) is 12.8 Å². The zero-order valence-electron chi connectivity index (χ0n) is 22.0. The molecule has 0 nitrogen and oxygen atoms in total. The molecule has 0 fully saturated rings. The minimum Gasteiger partial charge on any atom is -0.0654 e. The average Bonchev–Trinajstić information content (AvgIpc) is 2.92. The largest absolute Gasteiger partial charge is 0.0654 e. The fraction of sp³-hybridized carbons (Fsp3) is 0.278. The molecule has 0 N–H and O–H groups in total. The summed E-state index contributed by atoms with van der Waals surface area (Å²) in [7, 11) is 0. The van der Waals surface area contributed by atoms with Crippen LogP contribution in [0.5, 0.6) is 0 Å². The first-order valence-electron chi connectivity index (χ1n) is 13.8. The monoisotopic (exact) mass is 472 g/mol. The zero-order valence-corrected chi connectivity index (χ0v) is 22.0. The predicted octanol–water partition coefficient (Wildman–Crippen LogP) is 10.6. The molecule has 0 aliphatic heterocycles. The van der Waals surface area contributed by atoms with Gasteiger partial charge in [-0.05, 0) is 82.0 Å². The van der Waals surface area contributed by atoms with Crippen molar-refractivity contribution in [3.8, 4) is 0 Å². The third-order valence-corrected chi connectivity index (χ3v) is 6.92. The lowest BCUT2D eigenvalue weighted by molar-refractivity contribution is 0.717. The van der Waals surface area contributed by atoms with Crippen LogP contribution < -0.4 is 0 Å². The predicted molar refractivity (Wildman–Crippen MR) is 161 cm³/mol. The molecule has 0 heteroatoms. The Bertz CT molecular complexity index is 1170. The molecule has 36 heavy (non-hydrogen) atoms. The van der Waals surface area contributed by atoms with Crippen molar-refractivity contribution in [2.75, 3.05) is 0 Å². The van der Waals surface area contributed by atoms with Gasteiger partial charge in [0.2, 0.25) is 0 Å². The Balaban J connectivity index is 1.37. The first-order valence-corrected chi connectivity index (χ1v) is 13.8. The summed E-state index contributed by atoms with van der Waals surface area (Å²) in [6.07, 6.45) is 19.0. The van der Waals surface area contributed by atoms with E-state index in [9.17, 15) is 0 Å². The molecular formula is C36H40. The standard InChI is InChI=1S/C36H40/c1-3-5-7-9-29-11-15-31(16-12-29)19-21-33-23-25-36-28-34(24-26-35(36)27-33)22-20-32-17-13-30(14-18-32)10-8-6-4-2/h11-28H,3-10H2,1-2H3. The normalized spacial score (nSPS) is 11.7. The lowest BCUT2D eigenvalue weighted by Crippen LogP contribution is -1.85. The summed E-state index contributed by atoms with van der Waals surface area (Å²) in [4.78, 5) is 0. The molecule has 0 bridgehead atoms. The van der Waals surface area contributed by atoms with Crippen LogP contribution in [0, 0.1) is 0 Å². The quantitative estimate of drug-likeness (QED) is 0.142. The number of aryl methyl sites for hydroxylation is 2. The van der Waals surface area contributed by atoms with Crippen molar-refractivity contribution in [1.29, 1.82) is 0 Å². The maximum Gasteiger partial charge on any atom is -0.0178 e. The maximum atomic E-state index is 2.27. The van der Waals surface area contributed by atoms with E-state index in [1.54, 1.807) is 0 Å². The van der Waals surface area contributed by atoms with E-state index in [1.165, 1.54) is 95.5 Å². The molecule has 0 aromatic heterocycles. The molecular weight excluding hydrogens is 432 g/mol. The van der Waals surface area contributed by atoms with Crippen LogP contribution in [0.15, 0.2) is 84.9 Å². The van der Waals surface area contributed by atoms with Crippen molar-refractivity contribution in [3.63, 3.8) is 0 Å². The van der Waals surface area contributed by atoms with E-state index in [0.29, 0.717) is 0 Å². The summed E-state index contributed by atoms with van der Waals surface area (Å²) >= 11 is 0. The fourth-order valence-electron chi connectivity index (χ4n) is 4.62. The lowest BCUT2D eigenvalue weighted by Gasteiger charge is -2.04. The maximum absolute atomic E-state index is 2.27. The number of fused-ring (bicyclic) bond motifs is 1. The van der Waals surface area contributed by atoms with Crippen LogP contribution in [0.2, 0.25) is 0 Å². The topological polar surface area (TPSA) is 0 Å². The van der Waals surface area contributed by atoms with Gasteiger partial charge in [0.1, 0.15) is 0 Å². The first-order chi connectivity index (χ1) is 17.7. The number of hydrogen-bond acceptors (Lipinski definition) is 0. The first kappa shape index (κ1) is 25.7. The average molecular weight is 473 g/mol. The summed E-state index contributed by atoms with van der Waals surface area (Å²) in [6.45, 7) is 4.51. The van der Waals surface area contributed by atoms with Crippen molar-refractivity contribution >= 4 is 35.1 Å². The number of unbranched alkanes of at least 4 members (excludes halogenated alkanes) is 4. The van der Waals surface area contributed by atoms with Crippen LogP contribution in [-0.4, -0.2) is 0 Å². The van der Waals surface area contributed by atoms with Crippen LogP contribution in [0.25, 0.3) is 35.1 Å². The van der Waals surface area contributed by atoms with E-state index in [4.69, 9.17) is 0 Å². The molecule has 0 unspecified atom stereocenters. The minimum absolute atomic E-state index is 1.19. The van der Waals surface area contributed by atoms with Crippen LogP contribution in [0.1, 0.15) is 85.8 Å². The summed E-state index contributed by atoms with van der Waals surface area (Å²) in [5.41, 5.74) is 7.85. The molecule has 4 aromatic carbocycles. The van der Waals surface area contributed by atoms with E-state index in [2.05, 4.69) is 123 Å². The Morgan fingerprint density at radius 3 is 1.17 bits per heavy atom. The summed E-state index contributed by atoms with van der Waals surface area (Å²) in [6, 6.07) is 31.4. The van der Waals surface area contributed by atoms with Crippen molar-refractivity contribution in [2.24, 2.45) is 0 Å². The van der Waals surface area contributed by atoms with Crippen LogP contribution in [0.3, 0.4) is 0 Å². The molecule has 4 rings (SSSR count). The van der Waals surface area contributed by atoms with Crippen molar-refractivity contribution in [1.82, 2.24) is 0 Å². The molecule has 0 radical (unpaired) electrons.